The van der Waals surface area contributed by atoms with Crippen LogP contribution in [0, 0.1) is 0 Å². The van der Waals surface area contributed by atoms with E-state index < -0.39 is 0 Å². The number of para-hydroxylation sites is 1. The van der Waals surface area contributed by atoms with Gasteiger partial charge in [-0.25, -0.2) is 0 Å². The number of nitrogens with zero attached hydrogens (tertiary/aromatic N) is 2. The highest BCUT2D eigenvalue weighted by Gasteiger charge is 2.14. The SMILES string of the molecule is CN(Cc1cn[nH]c1)C(=O)c1cc(=O)c2ccccc2[nH]1. The number of aromatic nitrogens is 3. The van der Waals surface area contributed by atoms with Gasteiger partial charge in [0.2, 0.25) is 0 Å². The molecule has 1 aromatic carbocycles. The van der Waals surface area contributed by atoms with Crippen LogP contribution in [0.5, 0.6) is 0 Å². The average Bonchev–Trinajstić information content (AvgIpc) is 2.99. The highest BCUT2D eigenvalue weighted by molar-refractivity contribution is 5.94. The number of H-pyrrole nitrogens is 2. The number of nitrogens with one attached hydrogen (secondary N) is 2. The highest BCUT2D eigenvalue weighted by Crippen LogP contribution is 2.10. The lowest BCUT2D eigenvalue weighted by atomic mass is 10.2. The van der Waals surface area contributed by atoms with E-state index in [1.54, 1.807) is 37.6 Å². The first-order valence-electron chi connectivity index (χ1n) is 6.50. The lowest BCUT2D eigenvalue weighted by Gasteiger charge is -2.16. The molecule has 2 heterocycles. The summed E-state index contributed by atoms with van der Waals surface area (Å²) in [7, 11) is 1.68. The maximum absolute atomic E-state index is 12.4. The Bertz CT molecular complexity index is 836. The van der Waals surface area contributed by atoms with Gasteiger partial charge in [0.25, 0.3) is 5.91 Å². The zero-order chi connectivity index (χ0) is 14.8. The summed E-state index contributed by atoms with van der Waals surface area (Å²) in [4.78, 5) is 29.0. The fourth-order valence-corrected chi connectivity index (χ4v) is 2.23. The van der Waals surface area contributed by atoms with E-state index in [0.717, 1.165) is 5.56 Å². The summed E-state index contributed by atoms with van der Waals surface area (Å²) in [6.07, 6.45) is 3.39. The number of aromatic amines is 2. The molecule has 0 bridgehead atoms. The van der Waals surface area contributed by atoms with Crippen LogP contribution in [0.2, 0.25) is 0 Å². The summed E-state index contributed by atoms with van der Waals surface area (Å²) in [5.74, 6) is -0.237. The summed E-state index contributed by atoms with van der Waals surface area (Å²) in [6.45, 7) is 0.421. The Morgan fingerprint density at radius 2 is 2.14 bits per heavy atom. The van der Waals surface area contributed by atoms with Crippen LogP contribution in [0.4, 0.5) is 0 Å². The molecule has 0 saturated heterocycles. The van der Waals surface area contributed by atoms with E-state index in [0.29, 0.717) is 17.4 Å². The quantitative estimate of drug-likeness (QED) is 0.764. The zero-order valence-electron chi connectivity index (χ0n) is 11.5. The first-order chi connectivity index (χ1) is 10.1. The molecule has 6 nitrogen and oxygen atoms in total. The Kier molecular flexibility index (Phi) is 3.27. The van der Waals surface area contributed by atoms with Crippen molar-refractivity contribution >= 4 is 16.8 Å². The molecule has 0 atom stereocenters. The minimum Gasteiger partial charge on any atom is -0.350 e. The van der Waals surface area contributed by atoms with Crippen LogP contribution in [0.3, 0.4) is 0 Å². The van der Waals surface area contributed by atoms with Gasteiger partial charge in [-0.2, -0.15) is 5.10 Å². The number of hydrogen-bond acceptors (Lipinski definition) is 3. The van der Waals surface area contributed by atoms with Crippen molar-refractivity contribution in [2.24, 2.45) is 0 Å². The van der Waals surface area contributed by atoms with E-state index in [2.05, 4.69) is 15.2 Å². The summed E-state index contributed by atoms with van der Waals surface area (Å²) in [6, 6.07) is 8.48. The topological polar surface area (TPSA) is 81.8 Å². The van der Waals surface area contributed by atoms with Crippen LogP contribution in [0.25, 0.3) is 10.9 Å². The van der Waals surface area contributed by atoms with Crippen molar-refractivity contribution in [3.8, 4) is 0 Å². The molecule has 3 aromatic rings. The molecule has 0 aliphatic carbocycles. The lowest BCUT2D eigenvalue weighted by molar-refractivity contribution is 0.0779. The molecular formula is C15H14N4O2. The predicted molar refractivity (Wildman–Crippen MR) is 79.0 cm³/mol. The lowest BCUT2D eigenvalue weighted by Crippen LogP contribution is -2.28. The molecule has 1 amide bonds. The van der Waals surface area contributed by atoms with Gasteiger partial charge in [-0.05, 0) is 12.1 Å². The minimum absolute atomic E-state index is 0.163. The van der Waals surface area contributed by atoms with E-state index >= 15 is 0 Å². The number of carbonyl (C=O) groups excluding carboxylic acids is 1. The van der Waals surface area contributed by atoms with Gasteiger partial charge in [0, 0.05) is 42.3 Å². The Morgan fingerprint density at radius 1 is 1.33 bits per heavy atom. The van der Waals surface area contributed by atoms with Gasteiger partial charge >= 0.3 is 0 Å². The number of hydrogen-bond donors (Lipinski definition) is 2. The molecule has 21 heavy (non-hydrogen) atoms. The molecule has 0 aliphatic rings. The van der Waals surface area contributed by atoms with Crippen molar-refractivity contribution in [2.45, 2.75) is 6.54 Å². The van der Waals surface area contributed by atoms with Gasteiger partial charge in [-0.3, -0.25) is 14.7 Å². The summed E-state index contributed by atoms with van der Waals surface area (Å²) in [5.41, 5.74) is 1.67. The number of benzene rings is 1. The predicted octanol–water partition coefficient (Wildman–Crippen LogP) is 1.52. The number of carbonyl (C=O) groups is 1. The zero-order valence-corrected chi connectivity index (χ0v) is 11.5. The number of fused-ring (bicyclic) bond motifs is 1. The van der Waals surface area contributed by atoms with Gasteiger partial charge in [-0.15, -0.1) is 0 Å². The molecule has 0 aliphatic heterocycles. The van der Waals surface area contributed by atoms with Crippen LogP contribution in [-0.4, -0.2) is 33.0 Å². The largest absolute Gasteiger partial charge is 0.350 e. The monoisotopic (exact) mass is 282 g/mol. The van der Waals surface area contributed by atoms with Crippen molar-refractivity contribution in [1.29, 1.82) is 0 Å². The molecule has 0 radical (unpaired) electrons. The van der Waals surface area contributed by atoms with Crippen molar-refractivity contribution in [2.75, 3.05) is 7.05 Å². The van der Waals surface area contributed by atoms with Crippen molar-refractivity contribution < 1.29 is 4.79 Å². The maximum atomic E-state index is 12.4. The second-order valence-electron chi connectivity index (χ2n) is 4.86. The first kappa shape index (κ1) is 13.1. The fraction of sp³-hybridized carbons (Fsp3) is 0.133. The summed E-state index contributed by atoms with van der Waals surface area (Å²) in [5, 5.41) is 7.12. The maximum Gasteiger partial charge on any atom is 0.270 e. The fourth-order valence-electron chi connectivity index (χ4n) is 2.23. The Morgan fingerprint density at radius 3 is 2.90 bits per heavy atom. The molecule has 2 N–H and O–H groups in total. The van der Waals surface area contributed by atoms with Crippen LogP contribution < -0.4 is 5.43 Å². The minimum atomic E-state index is -0.237. The Hall–Kier alpha value is -2.89. The van der Waals surface area contributed by atoms with E-state index in [1.165, 1.54) is 11.0 Å². The van der Waals surface area contributed by atoms with Gasteiger partial charge < -0.3 is 9.88 Å². The Labute approximate surface area is 120 Å². The van der Waals surface area contributed by atoms with E-state index in [-0.39, 0.29) is 17.0 Å². The number of amides is 1. The average molecular weight is 282 g/mol. The molecule has 0 spiro atoms. The summed E-state index contributed by atoms with van der Waals surface area (Å²) < 4.78 is 0. The molecular weight excluding hydrogens is 268 g/mol. The van der Waals surface area contributed by atoms with Crippen LogP contribution >= 0.6 is 0 Å². The normalized spacial score (nSPS) is 10.7. The molecule has 2 aromatic heterocycles. The Balaban J connectivity index is 1.92. The summed E-state index contributed by atoms with van der Waals surface area (Å²) >= 11 is 0. The van der Waals surface area contributed by atoms with Gasteiger partial charge in [0.1, 0.15) is 5.69 Å². The van der Waals surface area contributed by atoms with Crippen LogP contribution in [0.1, 0.15) is 16.1 Å². The molecule has 0 saturated carbocycles. The van der Waals surface area contributed by atoms with Gasteiger partial charge in [-0.1, -0.05) is 12.1 Å². The standard InChI is InChI=1S/C15H14N4O2/c1-19(9-10-7-16-17-8-10)15(21)13-6-14(20)11-4-2-3-5-12(11)18-13/h2-8H,9H2,1H3,(H,16,17)(H,18,20). The molecule has 106 valence electrons. The molecule has 6 heteroatoms. The third kappa shape index (κ3) is 2.55. The van der Waals surface area contributed by atoms with E-state index in [1.807, 2.05) is 6.07 Å². The van der Waals surface area contributed by atoms with Crippen molar-refractivity contribution in [1.82, 2.24) is 20.1 Å². The van der Waals surface area contributed by atoms with Gasteiger partial charge in [0.15, 0.2) is 5.43 Å². The van der Waals surface area contributed by atoms with E-state index in [9.17, 15) is 9.59 Å². The second kappa shape index (κ2) is 5.24. The smallest absolute Gasteiger partial charge is 0.270 e. The molecule has 3 rings (SSSR count). The third-order valence-corrected chi connectivity index (χ3v) is 3.29. The van der Waals surface area contributed by atoms with Crippen molar-refractivity contribution in [3.05, 3.63) is 64.2 Å². The molecule has 0 unspecified atom stereocenters. The number of pyridine rings is 1. The van der Waals surface area contributed by atoms with Gasteiger partial charge in [0.05, 0.1) is 6.20 Å². The molecule has 0 fully saturated rings. The first-order valence-corrected chi connectivity index (χ1v) is 6.50. The second-order valence-corrected chi connectivity index (χ2v) is 4.86. The van der Waals surface area contributed by atoms with E-state index in [4.69, 9.17) is 0 Å². The van der Waals surface area contributed by atoms with Crippen LogP contribution in [-0.2, 0) is 6.54 Å². The van der Waals surface area contributed by atoms with Crippen molar-refractivity contribution in [3.63, 3.8) is 0 Å². The third-order valence-electron chi connectivity index (χ3n) is 3.29. The van der Waals surface area contributed by atoms with Crippen LogP contribution in [0.15, 0.2) is 47.5 Å². The highest BCUT2D eigenvalue weighted by atomic mass is 16.2. The number of rotatable bonds is 3.